The second kappa shape index (κ2) is 6.97. The predicted molar refractivity (Wildman–Crippen MR) is 110 cm³/mol. The molecule has 5 rings (SSSR count). The fourth-order valence-corrected chi connectivity index (χ4v) is 3.59. The van der Waals surface area contributed by atoms with Crippen molar-refractivity contribution in [3.63, 3.8) is 0 Å². The van der Waals surface area contributed by atoms with E-state index in [1.165, 1.54) is 5.69 Å². The summed E-state index contributed by atoms with van der Waals surface area (Å²) >= 11 is 0. The Labute approximate surface area is 162 Å². The number of fused-ring (bicyclic) bond motifs is 1. The van der Waals surface area contributed by atoms with Gasteiger partial charge in [0, 0.05) is 49.3 Å². The van der Waals surface area contributed by atoms with Crippen LogP contribution >= 0.6 is 0 Å². The number of pyridine rings is 1. The Morgan fingerprint density at radius 1 is 1.00 bits per heavy atom. The molecule has 0 amide bonds. The van der Waals surface area contributed by atoms with Gasteiger partial charge in [0.1, 0.15) is 6.33 Å². The van der Waals surface area contributed by atoms with Crippen LogP contribution in [-0.2, 0) is 0 Å². The molecule has 142 valence electrons. The minimum Gasteiger partial charge on any atom is -0.369 e. The molecule has 3 aromatic heterocycles. The Morgan fingerprint density at radius 2 is 1.82 bits per heavy atom. The van der Waals surface area contributed by atoms with Crippen LogP contribution in [0.25, 0.3) is 16.9 Å². The zero-order chi connectivity index (χ0) is 18.9. The van der Waals surface area contributed by atoms with Gasteiger partial charge in [-0.3, -0.25) is 5.10 Å². The van der Waals surface area contributed by atoms with Gasteiger partial charge in [0.25, 0.3) is 0 Å². The number of nitrogens with one attached hydrogen (secondary N) is 2. The van der Waals surface area contributed by atoms with Crippen LogP contribution in [0.4, 0.5) is 17.1 Å². The first kappa shape index (κ1) is 16.8. The number of nitrogens with zero attached hydrogens (tertiary/aromatic N) is 6. The molecule has 28 heavy (non-hydrogen) atoms. The molecule has 0 aliphatic carbocycles. The summed E-state index contributed by atoms with van der Waals surface area (Å²) in [7, 11) is 2.17. The number of piperazine rings is 1. The molecule has 1 saturated heterocycles. The Morgan fingerprint density at radius 3 is 2.57 bits per heavy atom. The molecule has 1 aromatic carbocycles. The summed E-state index contributed by atoms with van der Waals surface area (Å²) in [5.41, 5.74) is 5.90. The van der Waals surface area contributed by atoms with Gasteiger partial charge < -0.3 is 15.1 Å². The van der Waals surface area contributed by atoms with Crippen molar-refractivity contribution in [2.45, 2.75) is 0 Å². The van der Waals surface area contributed by atoms with E-state index in [-0.39, 0.29) is 0 Å². The molecule has 8 heteroatoms. The molecule has 2 N–H and O–H groups in total. The van der Waals surface area contributed by atoms with E-state index in [0.717, 1.165) is 54.5 Å². The summed E-state index contributed by atoms with van der Waals surface area (Å²) < 4.78 is 1.83. The Hall–Kier alpha value is -3.39. The van der Waals surface area contributed by atoms with Crippen molar-refractivity contribution < 1.29 is 0 Å². The molecule has 0 spiro atoms. The molecule has 1 aliphatic heterocycles. The quantitative estimate of drug-likeness (QED) is 0.572. The smallest absolute Gasteiger partial charge is 0.179 e. The third-order valence-electron chi connectivity index (χ3n) is 5.23. The summed E-state index contributed by atoms with van der Waals surface area (Å²) in [5, 5.41) is 14.7. The monoisotopic (exact) mass is 374 g/mol. The third kappa shape index (κ3) is 3.07. The van der Waals surface area contributed by atoms with Crippen LogP contribution < -0.4 is 10.2 Å². The normalized spacial score (nSPS) is 15.2. The standard InChI is InChI=1S/C20H22N8/c1-26-8-10-27(11-9-26)17-4-2-16(3-5-17)25-18-6-7-19(15-12-22-23-13-15)28-20(18)21-14-24-28/h2-7,12-14,25H,8-11H2,1H3,(H,22,23). The lowest BCUT2D eigenvalue weighted by atomic mass is 10.2. The molecule has 0 bridgehead atoms. The Balaban J connectivity index is 1.38. The maximum atomic E-state index is 4.43. The van der Waals surface area contributed by atoms with Gasteiger partial charge in [0.15, 0.2) is 5.65 Å². The van der Waals surface area contributed by atoms with Crippen LogP contribution in [-0.4, -0.2) is 62.9 Å². The van der Waals surface area contributed by atoms with E-state index in [0.29, 0.717) is 0 Å². The summed E-state index contributed by atoms with van der Waals surface area (Å²) in [6.45, 7) is 4.35. The summed E-state index contributed by atoms with van der Waals surface area (Å²) in [6, 6.07) is 12.6. The number of hydrogen-bond acceptors (Lipinski definition) is 6. The van der Waals surface area contributed by atoms with Crippen LogP contribution in [0.1, 0.15) is 0 Å². The molecule has 0 unspecified atom stereocenters. The fraction of sp³-hybridized carbons (Fsp3) is 0.250. The number of hydrogen-bond donors (Lipinski definition) is 2. The minimum atomic E-state index is 0.779. The molecule has 4 heterocycles. The van der Waals surface area contributed by atoms with Crippen molar-refractivity contribution in [2.75, 3.05) is 43.4 Å². The molecule has 8 nitrogen and oxygen atoms in total. The highest BCUT2D eigenvalue weighted by Crippen LogP contribution is 2.27. The highest BCUT2D eigenvalue weighted by atomic mass is 15.3. The fourth-order valence-electron chi connectivity index (χ4n) is 3.59. The van der Waals surface area contributed by atoms with E-state index >= 15 is 0 Å². The van der Waals surface area contributed by atoms with Gasteiger partial charge in [-0.25, -0.2) is 9.50 Å². The number of aromatic nitrogens is 5. The first-order valence-electron chi connectivity index (χ1n) is 9.40. The number of likely N-dealkylation sites (N-methyl/N-ethyl adjacent to an activating group) is 1. The lowest BCUT2D eigenvalue weighted by Gasteiger charge is -2.34. The van der Waals surface area contributed by atoms with E-state index < -0.39 is 0 Å². The van der Waals surface area contributed by atoms with Gasteiger partial charge in [-0.15, -0.1) is 0 Å². The first-order chi connectivity index (χ1) is 13.8. The van der Waals surface area contributed by atoms with E-state index in [9.17, 15) is 0 Å². The molecule has 1 aliphatic rings. The average molecular weight is 374 g/mol. The van der Waals surface area contributed by atoms with Crippen molar-refractivity contribution in [3.8, 4) is 11.3 Å². The Bertz CT molecular complexity index is 1060. The highest BCUT2D eigenvalue weighted by Gasteiger charge is 2.14. The van der Waals surface area contributed by atoms with Gasteiger partial charge in [0.2, 0.25) is 0 Å². The number of aromatic amines is 1. The SMILES string of the molecule is CN1CCN(c2ccc(Nc3ccc(-c4cn[nH]c4)n4ncnc34)cc2)CC1. The van der Waals surface area contributed by atoms with E-state index in [1.807, 2.05) is 22.8 Å². The number of anilines is 3. The molecule has 4 aromatic rings. The molecular weight excluding hydrogens is 352 g/mol. The molecular formula is C20H22N8. The van der Waals surface area contributed by atoms with Crippen LogP contribution in [0.3, 0.4) is 0 Å². The highest BCUT2D eigenvalue weighted by molar-refractivity contribution is 5.77. The maximum absolute atomic E-state index is 4.43. The van der Waals surface area contributed by atoms with Crippen molar-refractivity contribution in [1.82, 2.24) is 29.7 Å². The zero-order valence-electron chi connectivity index (χ0n) is 15.7. The second-order valence-corrected chi connectivity index (χ2v) is 7.08. The number of H-pyrrole nitrogens is 1. The number of rotatable bonds is 4. The number of benzene rings is 1. The minimum absolute atomic E-state index is 0.779. The third-order valence-corrected chi connectivity index (χ3v) is 5.23. The topological polar surface area (TPSA) is 77.4 Å². The predicted octanol–water partition coefficient (Wildman–Crippen LogP) is 2.61. The molecule has 1 fully saturated rings. The van der Waals surface area contributed by atoms with Gasteiger partial charge in [-0.05, 0) is 43.4 Å². The summed E-state index contributed by atoms with van der Waals surface area (Å²) in [5.74, 6) is 0. The van der Waals surface area contributed by atoms with Gasteiger partial charge in [0.05, 0.1) is 17.6 Å². The van der Waals surface area contributed by atoms with Gasteiger partial charge >= 0.3 is 0 Å². The van der Waals surface area contributed by atoms with E-state index in [2.05, 4.69) is 66.7 Å². The maximum Gasteiger partial charge on any atom is 0.179 e. The van der Waals surface area contributed by atoms with Crippen LogP contribution in [0.5, 0.6) is 0 Å². The molecule has 0 radical (unpaired) electrons. The molecule has 0 atom stereocenters. The second-order valence-electron chi connectivity index (χ2n) is 7.08. The first-order valence-corrected chi connectivity index (χ1v) is 9.40. The van der Waals surface area contributed by atoms with Crippen molar-refractivity contribution in [3.05, 3.63) is 55.1 Å². The van der Waals surface area contributed by atoms with Crippen molar-refractivity contribution in [1.29, 1.82) is 0 Å². The zero-order valence-corrected chi connectivity index (χ0v) is 15.7. The lowest BCUT2D eigenvalue weighted by Crippen LogP contribution is -2.44. The lowest BCUT2D eigenvalue weighted by molar-refractivity contribution is 0.313. The van der Waals surface area contributed by atoms with Crippen LogP contribution in [0, 0.1) is 0 Å². The van der Waals surface area contributed by atoms with Crippen LogP contribution in [0.2, 0.25) is 0 Å². The van der Waals surface area contributed by atoms with Gasteiger partial charge in [-0.1, -0.05) is 0 Å². The summed E-state index contributed by atoms with van der Waals surface area (Å²) in [6.07, 6.45) is 5.20. The van der Waals surface area contributed by atoms with Crippen LogP contribution in [0.15, 0.2) is 55.1 Å². The average Bonchev–Trinajstić information content (AvgIpc) is 3.42. The van der Waals surface area contributed by atoms with Gasteiger partial charge in [-0.2, -0.15) is 10.2 Å². The van der Waals surface area contributed by atoms with Crippen molar-refractivity contribution in [2.24, 2.45) is 0 Å². The molecule has 0 saturated carbocycles. The summed E-state index contributed by atoms with van der Waals surface area (Å²) in [4.78, 5) is 9.22. The van der Waals surface area contributed by atoms with Crippen molar-refractivity contribution >= 4 is 22.7 Å². The largest absolute Gasteiger partial charge is 0.369 e. The Kier molecular flexibility index (Phi) is 4.17. The van der Waals surface area contributed by atoms with E-state index in [1.54, 1.807) is 12.5 Å². The van der Waals surface area contributed by atoms with E-state index in [4.69, 9.17) is 0 Å².